The van der Waals surface area contributed by atoms with E-state index in [9.17, 15) is 0 Å². The average molecular weight is 435 g/mol. The Bertz CT molecular complexity index is 314. The van der Waals surface area contributed by atoms with Gasteiger partial charge in [0.05, 0.1) is 76.4 Å². The Morgan fingerprint density at radius 2 is 0.828 bits per heavy atom. The second-order valence-electron chi connectivity index (χ2n) is 7.40. The Hall–Kier alpha value is 0.255. The van der Waals surface area contributed by atoms with Crippen molar-refractivity contribution in [2.24, 2.45) is 0 Å². The molecule has 172 valence electrons. The zero-order valence-corrected chi connectivity index (χ0v) is 20.6. The zero-order chi connectivity index (χ0) is 22.0. The van der Waals surface area contributed by atoms with E-state index in [2.05, 4.69) is 20.8 Å². The Morgan fingerprint density at radius 3 is 1.07 bits per heavy atom. The van der Waals surface area contributed by atoms with E-state index in [0.29, 0.717) is 59.5 Å². The van der Waals surface area contributed by atoms with Crippen LogP contribution in [-0.4, -0.2) is 104 Å². The summed E-state index contributed by atoms with van der Waals surface area (Å²) < 4.78 is 33.9. The van der Waals surface area contributed by atoms with Crippen molar-refractivity contribution in [1.82, 2.24) is 0 Å². The smallest absolute Gasteiger partial charge is 0.365 e. The van der Waals surface area contributed by atoms with Crippen LogP contribution in [0.3, 0.4) is 0 Å². The zero-order valence-electron chi connectivity index (χ0n) is 19.7. The van der Waals surface area contributed by atoms with E-state index in [4.69, 9.17) is 36.0 Å². The minimum absolute atomic E-state index is 0.0834. The fourth-order valence-corrected chi connectivity index (χ4v) is 7.11. The monoisotopic (exact) mass is 435 g/mol. The lowest BCUT2D eigenvalue weighted by atomic mass is 10.4. The van der Waals surface area contributed by atoms with Gasteiger partial charge < -0.3 is 28.4 Å². The third-order valence-corrected chi connectivity index (χ3v) is 8.09. The summed E-state index contributed by atoms with van der Waals surface area (Å²) in [6.07, 6.45) is 2.78. The SMILES string of the molecule is [B][P+](C[C@H](C)OCCOCC)(C[C@H](C)OCCOCC)C[C@H](C)OCCOCC. The van der Waals surface area contributed by atoms with Crippen molar-refractivity contribution in [2.75, 3.05) is 77.9 Å². The maximum absolute atomic E-state index is 6.97. The number of hydrogen-bond acceptors (Lipinski definition) is 6. The van der Waals surface area contributed by atoms with Crippen LogP contribution in [0, 0.1) is 0 Å². The first kappa shape index (κ1) is 29.3. The third-order valence-electron chi connectivity index (χ3n) is 4.36. The van der Waals surface area contributed by atoms with E-state index in [1.54, 1.807) is 0 Å². The summed E-state index contributed by atoms with van der Waals surface area (Å²) in [6.45, 7) is 18.0. The molecule has 0 amide bonds. The molecule has 0 spiro atoms. The molecule has 0 aliphatic carbocycles. The van der Waals surface area contributed by atoms with Gasteiger partial charge in [-0.1, -0.05) is 0 Å². The summed E-state index contributed by atoms with van der Waals surface area (Å²) in [4.78, 5) is 0. The molecular weight excluding hydrogens is 390 g/mol. The predicted octanol–water partition coefficient (Wildman–Crippen LogP) is 3.41. The molecule has 2 radical (unpaired) electrons. The average Bonchev–Trinajstić information content (AvgIpc) is 2.65. The van der Waals surface area contributed by atoms with Crippen LogP contribution < -0.4 is 0 Å². The van der Waals surface area contributed by atoms with Crippen LogP contribution in [0.5, 0.6) is 0 Å². The van der Waals surface area contributed by atoms with Gasteiger partial charge in [-0.15, -0.1) is 0 Å². The Balaban J connectivity index is 4.64. The minimum Gasteiger partial charge on any atom is -0.379 e. The van der Waals surface area contributed by atoms with Gasteiger partial charge in [-0.05, 0) is 48.7 Å². The molecule has 0 saturated carbocycles. The largest absolute Gasteiger partial charge is 0.379 e. The summed E-state index contributed by atoms with van der Waals surface area (Å²) in [5, 5.41) is 0. The first-order valence-electron chi connectivity index (χ1n) is 11.1. The van der Waals surface area contributed by atoms with Crippen molar-refractivity contribution in [3.05, 3.63) is 0 Å². The van der Waals surface area contributed by atoms with E-state index in [1.807, 2.05) is 20.8 Å². The quantitative estimate of drug-likeness (QED) is 0.157. The molecule has 0 aromatic rings. The Labute approximate surface area is 181 Å². The van der Waals surface area contributed by atoms with Crippen molar-refractivity contribution in [3.8, 4) is 0 Å². The maximum atomic E-state index is 6.97. The van der Waals surface area contributed by atoms with E-state index in [1.165, 1.54) is 0 Å². The van der Waals surface area contributed by atoms with Gasteiger partial charge >= 0.3 is 7.57 Å². The van der Waals surface area contributed by atoms with Crippen molar-refractivity contribution in [2.45, 2.75) is 59.9 Å². The molecule has 3 atom stereocenters. The van der Waals surface area contributed by atoms with E-state index < -0.39 is 7.14 Å². The molecule has 0 unspecified atom stereocenters. The molecule has 0 saturated heterocycles. The molecule has 0 aromatic carbocycles. The van der Waals surface area contributed by atoms with Gasteiger partial charge in [0.2, 0.25) is 0 Å². The van der Waals surface area contributed by atoms with E-state index >= 15 is 0 Å². The Morgan fingerprint density at radius 1 is 0.552 bits per heavy atom. The van der Waals surface area contributed by atoms with E-state index in [-0.39, 0.29) is 18.3 Å². The van der Waals surface area contributed by atoms with E-state index in [0.717, 1.165) is 18.5 Å². The van der Waals surface area contributed by atoms with Gasteiger partial charge in [0, 0.05) is 19.8 Å². The summed E-state index contributed by atoms with van der Waals surface area (Å²) in [5.74, 6) is 0. The summed E-state index contributed by atoms with van der Waals surface area (Å²) >= 11 is 0. The van der Waals surface area contributed by atoms with Gasteiger partial charge in [-0.25, -0.2) is 0 Å². The molecule has 29 heavy (non-hydrogen) atoms. The molecular formula is C21H45BO6P+. The lowest BCUT2D eigenvalue weighted by Gasteiger charge is -2.31. The van der Waals surface area contributed by atoms with Gasteiger partial charge in [0.25, 0.3) is 0 Å². The fraction of sp³-hybridized carbons (Fsp3) is 1.00. The summed E-state index contributed by atoms with van der Waals surface area (Å²) in [7, 11) is 5.17. The number of ether oxygens (including phenoxy) is 6. The Kier molecular flexibility index (Phi) is 19.1. The van der Waals surface area contributed by atoms with Gasteiger partial charge in [-0.2, -0.15) is 0 Å². The number of hydrogen-bond donors (Lipinski definition) is 0. The lowest BCUT2D eigenvalue weighted by Crippen LogP contribution is -2.30. The van der Waals surface area contributed by atoms with Crippen LogP contribution in [0.2, 0.25) is 0 Å². The van der Waals surface area contributed by atoms with Crippen molar-refractivity contribution in [1.29, 1.82) is 0 Å². The topological polar surface area (TPSA) is 55.4 Å². The molecule has 0 heterocycles. The summed E-state index contributed by atoms with van der Waals surface area (Å²) in [6, 6.07) is 0. The lowest BCUT2D eigenvalue weighted by molar-refractivity contribution is 0.0193. The van der Waals surface area contributed by atoms with Gasteiger partial charge in [0.15, 0.2) is 0 Å². The molecule has 0 aliphatic heterocycles. The molecule has 0 bridgehead atoms. The fourth-order valence-electron chi connectivity index (χ4n) is 3.28. The van der Waals surface area contributed by atoms with Crippen LogP contribution in [0.4, 0.5) is 0 Å². The highest BCUT2D eigenvalue weighted by atomic mass is 31.2. The van der Waals surface area contributed by atoms with Crippen molar-refractivity contribution < 1.29 is 28.4 Å². The second-order valence-corrected chi connectivity index (χ2v) is 10.9. The molecule has 0 N–H and O–H groups in total. The molecule has 8 heteroatoms. The van der Waals surface area contributed by atoms with Gasteiger partial charge in [-0.3, -0.25) is 0 Å². The van der Waals surface area contributed by atoms with Crippen molar-refractivity contribution in [3.63, 3.8) is 0 Å². The van der Waals surface area contributed by atoms with Crippen LogP contribution in [0.1, 0.15) is 41.5 Å². The first-order valence-corrected chi connectivity index (χ1v) is 13.5. The van der Waals surface area contributed by atoms with Crippen LogP contribution in [0.25, 0.3) is 0 Å². The highest BCUT2D eigenvalue weighted by Crippen LogP contribution is 2.56. The second kappa shape index (κ2) is 19.0. The molecule has 0 aliphatic rings. The molecule has 0 aromatic heterocycles. The van der Waals surface area contributed by atoms with Gasteiger partial charge in [0.1, 0.15) is 0 Å². The maximum Gasteiger partial charge on any atom is 0.365 e. The highest BCUT2D eigenvalue weighted by Gasteiger charge is 2.38. The molecule has 0 rings (SSSR count). The van der Waals surface area contributed by atoms with Crippen LogP contribution in [0.15, 0.2) is 0 Å². The standard InChI is InChI=1S/C21H45BO6P/c1-7-23-10-13-26-19(4)16-29(22,17-20(5)27-14-11-24-8-2)18-21(6)28-15-12-25-9-3/h19-21H,7-18H2,1-6H3/q+1/t19-,20-,21-/m0/s1. The van der Waals surface area contributed by atoms with Crippen LogP contribution >= 0.6 is 7.14 Å². The third kappa shape index (κ3) is 17.6. The van der Waals surface area contributed by atoms with Crippen molar-refractivity contribution >= 4 is 14.7 Å². The normalized spacial score (nSPS) is 15.4. The van der Waals surface area contributed by atoms with Crippen LogP contribution in [-0.2, 0) is 28.4 Å². The molecule has 0 fully saturated rings. The molecule has 6 nitrogen and oxygen atoms in total. The summed E-state index contributed by atoms with van der Waals surface area (Å²) in [5.41, 5.74) is 0. The first-order chi connectivity index (χ1) is 13.9. The highest BCUT2D eigenvalue weighted by molar-refractivity contribution is 7.97. The predicted molar refractivity (Wildman–Crippen MR) is 123 cm³/mol. The minimum atomic E-state index is -1.80. The number of rotatable bonds is 21.